The van der Waals surface area contributed by atoms with E-state index in [4.69, 9.17) is 4.74 Å². The molecule has 0 bridgehead atoms. The second-order valence-electron chi connectivity index (χ2n) is 4.98. The number of thioether (sulfide) groups is 1. The third-order valence-corrected chi connectivity index (χ3v) is 5.44. The summed E-state index contributed by atoms with van der Waals surface area (Å²) in [4.78, 5) is 18.4. The summed E-state index contributed by atoms with van der Waals surface area (Å²) < 4.78 is 6.03. The van der Waals surface area contributed by atoms with Crippen LogP contribution in [0.15, 0.2) is 27.9 Å². The van der Waals surface area contributed by atoms with Crippen LogP contribution in [0.2, 0.25) is 0 Å². The lowest BCUT2D eigenvalue weighted by atomic mass is 10.1. The van der Waals surface area contributed by atoms with Crippen LogP contribution < -0.4 is 0 Å². The van der Waals surface area contributed by atoms with Gasteiger partial charge in [-0.05, 0) is 18.2 Å². The van der Waals surface area contributed by atoms with Gasteiger partial charge in [-0.25, -0.2) is 4.98 Å². The number of rotatable bonds is 4. The molecule has 8 heteroatoms. The van der Waals surface area contributed by atoms with Crippen LogP contribution in [0, 0.1) is 0 Å². The Morgan fingerprint density at radius 1 is 1.30 bits per heavy atom. The van der Waals surface area contributed by atoms with Crippen molar-refractivity contribution >= 4 is 29.0 Å². The van der Waals surface area contributed by atoms with E-state index >= 15 is 0 Å². The molecule has 0 unspecified atom stereocenters. The molecule has 0 radical (unpaired) electrons. The average molecular weight is 352 g/mol. The summed E-state index contributed by atoms with van der Waals surface area (Å²) in [6.07, 6.45) is 0. The molecule has 0 spiro atoms. The zero-order chi connectivity index (χ0) is 16.2. The number of morpholine rings is 1. The number of ether oxygens (including phenoxy) is 1. The first-order valence-corrected chi connectivity index (χ1v) is 8.96. The molecule has 1 aliphatic rings. The number of phenols is 2. The van der Waals surface area contributed by atoms with Crippen molar-refractivity contribution in [1.82, 2.24) is 9.88 Å². The van der Waals surface area contributed by atoms with Crippen molar-refractivity contribution < 1.29 is 19.7 Å². The molecule has 122 valence electrons. The van der Waals surface area contributed by atoms with E-state index in [-0.39, 0.29) is 17.4 Å². The van der Waals surface area contributed by atoms with Crippen LogP contribution in [0.3, 0.4) is 0 Å². The molecular formula is C15H16N2O4S2. The van der Waals surface area contributed by atoms with Gasteiger partial charge >= 0.3 is 0 Å². The number of hydrogen-bond acceptors (Lipinski definition) is 7. The number of amides is 1. The van der Waals surface area contributed by atoms with E-state index in [0.29, 0.717) is 37.8 Å². The molecule has 2 heterocycles. The Labute approximate surface area is 141 Å². The number of carbonyl (C=O) groups excluding carboxylic acids is 1. The monoisotopic (exact) mass is 352 g/mol. The van der Waals surface area contributed by atoms with Gasteiger partial charge in [0.2, 0.25) is 5.91 Å². The van der Waals surface area contributed by atoms with Crippen molar-refractivity contribution in [3.05, 3.63) is 23.6 Å². The van der Waals surface area contributed by atoms with Crippen LogP contribution in [-0.2, 0) is 9.53 Å². The van der Waals surface area contributed by atoms with Gasteiger partial charge < -0.3 is 19.8 Å². The maximum atomic E-state index is 12.1. The first kappa shape index (κ1) is 16.1. The lowest BCUT2D eigenvalue weighted by molar-refractivity contribution is -0.132. The minimum Gasteiger partial charge on any atom is -0.504 e. The van der Waals surface area contributed by atoms with Gasteiger partial charge in [-0.3, -0.25) is 4.79 Å². The highest BCUT2D eigenvalue weighted by Crippen LogP contribution is 2.33. The van der Waals surface area contributed by atoms with E-state index in [2.05, 4.69) is 4.98 Å². The Morgan fingerprint density at radius 3 is 2.83 bits per heavy atom. The molecule has 1 aliphatic heterocycles. The van der Waals surface area contributed by atoms with Crippen molar-refractivity contribution in [3.63, 3.8) is 0 Å². The van der Waals surface area contributed by atoms with Crippen LogP contribution in [-0.4, -0.2) is 58.1 Å². The predicted octanol–water partition coefficient (Wildman–Crippen LogP) is 2.17. The van der Waals surface area contributed by atoms with Crippen LogP contribution in [0.1, 0.15) is 0 Å². The summed E-state index contributed by atoms with van der Waals surface area (Å²) >= 11 is 2.86. The molecular weight excluding hydrogens is 336 g/mol. The van der Waals surface area contributed by atoms with Crippen molar-refractivity contribution in [2.75, 3.05) is 32.1 Å². The second kappa shape index (κ2) is 7.20. The highest BCUT2D eigenvalue weighted by atomic mass is 32.2. The maximum Gasteiger partial charge on any atom is 0.233 e. The average Bonchev–Trinajstić information content (AvgIpc) is 3.05. The molecule has 6 nitrogen and oxygen atoms in total. The highest BCUT2D eigenvalue weighted by Gasteiger charge is 2.17. The van der Waals surface area contributed by atoms with Gasteiger partial charge in [-0.1, -0.05) is 11.8 Å². The quantitative estimate of drug-likeness (QED) is 0.648. The minimum absolute atomic E-state index is 0.0947. The van der Waals surface area contributed by atoms with Gasteiger partial charge in [-0.15, -0.1) is 11.3 Å². The normalized spacial score (nSPS) is 14.9. The number of benzene rings is 1. The zero-order valence-corrected chi connectivity index (χ0v) is 13.9. The Morgan fingerprint density at radius 2 is 2.09 bits per heavy atom. The number of phenolic OH excluding ortho intramolecular Hbond substituents is 2. The number of hydrogen-bond donors (Lipinski definition) is 2. The van der Waals surface area contributed by atoms with Crippen molar-refractivity contribution in [2.24, 2.45) is 0 Å². The van der Waals surface area contributed by atoms with Crippen LogP contribution in [0.25, 0.3) is 11.3 Å². The molecule has 0 atom stereocenters. The molecule has 1 amide bonds. The first-order chi connectivity index (χ1) is 11.1. The smallest absolute Gasteiger partial charge is 0.233 e. The molecule has 0 saturated carbocycles. The van der Waals surface area contributed by atoms with Crippen LogP contribution >= 0.6 is 23.1 Å². The van der Waals surface area contributed by atoms with E-state index in [0.717, 1.165) is 9.90 Å². The fourth-order valence-electron chi connectivity index (χ4n) is 2.17. The molecule has 3 rings (SSSR count). The van der Waals surface area contributed by atoms with E-state index in [9.17, 15) is 15.0 Å². The molecule has 2 aromatic rings. The Bertz CT molecular complexity index is 699. The number of nitrogens with zero attached hydrogens (tertiary/aromatic N) is 2. The standard InChI is InChI=1S/C15H16N2O4S2/c18-12-2-1-10(7-13(12)19)11-8-22-15(16-11)23-9-14(20)17-3-5-21-6-4-17/h1-2,7-8,18-19H,3-6,9H2. The fourth-order valence-corrected chi connectivity index (χ4v) is 3.90. The molecule has 2 N–H and O–H groups in total. The summed E-state index contributed by atoms with van der Waals surface area (Å²) in [5.41, 5.74) is 1.44. The fraction of sp³-hybridized carbons (Fsp3) is 0.333. The molecule has 0 aliphatic carbocycles. The van der Waals surface area contributed by atoms with Gasteiger partial charge in [0.05, 0.1) is 24.7 Å². The van der Waals surface area contributed by atoms with Gasteiger partial charge in [0.1, 0.15) is 0 Å². The molecule has 1 saturated heterocycles. The Hall–Kier alpha value is -1.77. The molecule has 1 fully saturated rings. The topological polar surface area (TPSA) is 82.9 Å². The molecule has 1 aromatic heterocycles. The maximum absolute atomic E-state index is 12.1. The van der Waals surface area contributed by atoms with Crippen molar-refractivity contribution in [2.45, 2.75) is 4.34 Å². The minimum atomic E-state index is -0.174. The molecule has 1 aromatic carbocycles. The Kier molecular flexibility index (Phi) is 5.04. The second-order valence-corrected chi connectivity index (χ2v) is 7.06. The lowest BCUT2D eigenvalue weighted by Crippen LogP contribution is -2.41. The van der Waals surface area contributed by atoms with Gasteiger partial charge in [0, 0.05) is 24.0 Å². The van der Waals surface area contributed by atoms with Gasteiger partial charge in [0.25, 0.3) is 0 Å². The van der Waals surface area contributed by atoms with Crippen LogP contribution in [0.4, 0.5) is 0 Å². The first-order valence-electron chi connectivity index (χ1n) is 7.09. The van der Waals surface area contributed by atoms with Gasteiger partial charge in [0.15, 0.2) is 15.8 Å². The van der Waals surface area contributed by atoms with Crippen LogP contribution in [0.5, 0.6) is 11.5 Å². The largest absolute Gasteiger partial charge is 0.504 e. The summed E-state index contributed by atoms with van der Waals surface area (Å²) in [6, 6.07) is 4.59. The van der Waals surface area contributed by atoms with E-state index < -0.39 is 0 Å². The highest BCUT2D eigenvalue weighted by molar-refractivity contribution is 8.01. The summed E-state index contributed by atoms with van der Waals surface area (Å²) in [5.74, 6) is 0.118. The zero-order valence-electron chi connectivity index (χ0n) is 12.3. The van der Waals surface area contributed by atoms with E-state index in [1.165, 1.54) is 35.2 Å². The lowest BCUT2D eigenvalue weighted by Gasteiger charge is -2.26. The predicted molar refractivity (Wildman–Crippen MR) is 89.0 cm³/mol. The number of aromatic nitrogens is 1. The number of aromatic hydroxyl groups is 2. The summed E-state index contributed by atoms with van der Waals surface area (Å²) in [6.45, 7) is 2.49. The van der Waals surface area contributed by atoms with Gasteiger partial charge in [-0.2, -0.15) is 0 Å². The van der Waals surface area contributed by atoms with Crippen molar-refractivity contribution in [1.29, 1.82) is 0 Å². The molecule has 23 heavy (non-hydrogen) atoms. The Balaban J connectivity index is 1.60. The van der Waals surface area contributed by atoms with E-state index in [1.54, 1.807) is 6.07 Å². The van der Waals surface area contributed by atoms with E-state index in [1.807, 2.05) is 10.3 Å². The third-order valence-electron chi connectivity index (χ3n) is 3.44. The van der Waals surface area contributed by atoms with Crippen molar-refractivity contribution in [3.8, 4) is 22.8 Å². The third kappa shape index (κ3) is 3.95. The summed E-state index contributed by atoms with van der Waals surface area (Å²) in [7, 11) is 0. The number of thiazole rings is 1. The number of carbonyl (C=O) groups is 1. The SMILES string of the molecule is O=C(CSc1nc(-c2ccc(O)c(O)c2)cs1)N1CCOCC1. The summed E-state index contributed by atoms with van der Waals surface area (Å²) in [5, 5.41) is 20.8.